The second-order valence-corrected chi connectivity index (χ2v) is 5.33. The van der Waals surface area contributed by atoms with Gasteiger partial charge in [0, 0.05) is 6.54 Å². The minimum atomic E-state index is -0.306. The molecule has 3 heteroatoms. The van der Waals surface area contributed by atoms with E-state index in [1.54, 1.807) is 0 Å². The molecule has 2 atom stereocenters. The van der Waals surface area contributed by atoms with Crippen molar-refractivity contribution in [1.29, 1.82) is 0 Å². The van der Waals surface area contributed by atoms with Crippen LogP contribution in [0.1, 0.15) is 17.5 Å². The lowest BCUT2D eigenvalue weighted by molar-refractivity contribution is 0.0809. The molecule has 0 amide bonds. The molecule has 18 heavy (non-hydrogen) atoms. The summed E-state index contributed by atoms with van der Waals surface area (Å²) in [4.78, 5) is 2.41. The van der Waals surface area contributed by atoms with Crippen molar-refractivity contribution in [3.8, 4) is 0 Å². The number of hydrogen-bond donors (Lipinski definition) is 1. The number of nitrogens with zero attached hydrogens (tertiary/aromatic N) is 1. The molecule has 1 aromatic rings. The van der Waals surface area contributed by atoms with Crippen molar-refractivity contribution in [2.24, 2.45) is 0 Å². The average Bonchev–Trinajstić information content (AvgIpc) is 2.77. The van der Waals surface area contributed by atoms with Gasteiger partial charge in [0.05, 0.1) is 25.4 Å². The van der Waals surface area contributed by atoms with Crippen LogP contribution in [0.4, 0.5) is 0 Å². The van der Waals surface area contributed by atoms with Crippen LogP contribution in [0.15, 0.2) is 24.3 Å². The van der Waals surface area contributed by atoms with Gasteiger partial charge in [-0.3, -0.25) is 4.90 Å². The molecule has 0 saturated carbocycles. The number of aliphatic hydroxyl groups excluding tert-OH is 1. The number of hydrogen-bond acceptors (Lipinski definition) is 3. The van der Waals surface area contributed by atoms with Crippen LogP contribution in [0.5, 0.6) is 0 Å². The third kappa shape index (κ3) is 2.44. The lowest BCUT2D eigenvalue weighted by Crippen LogP contribution is -2.45. The summed E-state index contributed by atoms with van der Waals surface area (Å²) in [6.45, 7) is 3.28. The van der Waals surface area contributed by atoms with Gasteiger partial charge >= 0.3 is 0 Å². The SMILES string of the molecule is O[C@@H]1COCC1N1CCCc2ccccc2CC1. The van der Waals surface area contributed by atoms with Crippen molar-refractivity contribution in [3.05, 3.63) is 35.4 Å². The van der Waals surface area contributed by atoms with Crippen molar-refractivity contribution in [1.82, 2.24) is 4.90 Å². The third-order valence-corrected chi connectivity index (χ3v) is 4.17. The molecule has 2 heterocycles. The number of ether oxygens (including phenoxy) is 1. The number of aliphatic hydroxyl groups is 1. The van der Waals surface area contributed by atoms with Crippen LogP contribution in [0.2, 0.25) is 0 Å². The maximum Gasteiger partial charge on any atom is 0.0950 e. The summed E-state index contributed by atoms with van der Waals surface area (Å²) < 4.78 is 5.37. The summed E-state index contributed by atoms with van der Waals surface area (Å²) in [5, 5.41) is 9.93. The zero-order valence-electron chi connectivity index (χ0n) is 10.7. The van der Waals surface area contributed by atoms with Crippen LogP contribution in [0, 0.1) is 0 Å². The predicted octanol–water partition coefficient (Wildman–Crippen LogP) is 1.24. The Bertz CT molecular complexity index is 407. The molecule has 0 aromatic heterocycles. The number of benzene rings is 1. The molecule has 1 saturated heterocycles. The molecule has 0 spiro atoms. The van der Waals surface area contributed by atoms with E-state index in [4.69, 9.17) is 4.74 Å². The molecule has 0 aliphatic carbocycles. The molecule has 98 valence electrons. The zero-order chi connectivity index (χ0) is 12.4. The van der Waals surface area contributed by atoms with Gasteiger partial charge in [-0.25, -0.2) is 0 Å². The van der Waals surface area contributed by atoms with Gasteiger partial charge in [-0.2, -0.15) is 0 Å². The molecule has 3 rings (SSSR count). The van der Waals surface area contributed by atoms with Gasteiger partial charge in [-0.1, -0.05) is 24.3 Å². The van der Waals surface area contributed by atoms with Crippen molar-refractivity contribution < 1.29 is 9.84 Å². The van der Waals surface area contributed by atoms with E-state index in [9.17, 15) is 5.11 Å². The summed E-state index contributed by atoms with van der Waals surface area (Å²) in [6.07, 6.45) is 3.09. The molecular weight excluding hydrogens is 226 g/mol. The van der Waals surface area contributed by atoms with Gasteiger partial charge in [0.15, 0.2) is 0 Å². The minimum Gasteiger partial charge on any atom is -0.389 e. The van der Waals surface area contributed by atoms with Crippen LogP contribution in [0.25, 0.3) is 0 Å². The first kappa shape index (κ1) is 12.2. The van der Waals surface area contributed by atoms with E-state index < -0.39 is 0 Å². The van der Waals surface area contributed by atoms with E-state index in [0.29, 0.717) is 13.2 Å². The molecule has 1 N–H and O–H groups in total. The van der Waals surface area contributed by atoms with Gasteiger partial charge in [0.25, 0.3) is 0 Å². The first-order valence-corrected chi connectivity index (χ1v) is 6.91. The molecule has 1 fully saturated rings. The van der Waals surface area contributed by atoms with Crippen LogP contribution < -0.4 is 0 Å². The second kappa shape index (κ2) is 5.39. The normalized spacial score (nSPS) is 29.6. The van der Waals surface area contributed by atoms with Crippen LogP contribution in [-0.2, 0) is 17.6 Å². The highest BCUT2D eigenvalue weighted by molar-refractivity contribution is 5.28. The number of aryl methyl sites for hydroxylation is 1. The molecule has 3 nitrogen and oxygen atoms in total. The molecule has 0 radical (unpaired) electrons. The van der Waals surface area contributed by atoms with Crippen molar-refractivity contribution in [3.63, 3.8) is 0 Å². The predicted molar refractivity (Wildman–Crippen MR) is 70.7 cm³/mol. The Morgan fingerprint density at radius 2 is 1.83 bits per heavy atom. The lowest BCUT2D eigenvalue weighted by atomic mass is 9.97. The molecule has 1 aromatic carbocycles. The van der Waals surface area contributed by atoms with E-state index in [1.807, 2.05) is 0 Å². The van der Waals surface area contributed by atoms with Crippen LogP contribution in [-0.4, -0.2) is 48.5 Å². The van der Waals surface area contributed by atoms with E-state index in [-0.39, 0.29) is 12.1 Å². The van der Waals surface area contributed by atoms with E-state index in [1.165, 1.54) is 17.5 Å². The van der Waals surface area contributed by atoms with Crippen molar-refractivity contribution in [2.75, 3.05) is 26.3 Å². The summed E-state index contributed by atoms with van der Waals surface area (Å²) in [6, 6.07) is 8.94. The quantitative estimate of drug-likeness (QED) is 0.810. The van der Waals surface area contributed by atoms with Gasteiger partial charge < -0.3 is 9.84 Å². The molecular formula is C15H21NO2. The summed E-state index contributed by atoms with van der Waals surface area (Å²) >= 11 is 0. The fourth-order valence-electron chi connectivity index (χ4n) is 3.11. The standard InChI is InChI=1S/C15H21NO2/c17-15-11-18-10-14(15)16-8-3-6-12-4-1-2-5-13(12)7-9-16/h1-2,4-5,14-15,17H,3,6-11H2/t14?,15-/m1/s1. The Hall–Kier alpha value is -0.900. The fourth-order valence-corrected chi connectivity index (χ4v) is 3.11. The minimum absolute atomic E-state index is 0.204. The maximum atomic E-state index is 9.93. The van der Waals surface area contributed by atoms with Gasteiger partial charge in [0.2, 0.25) is 0 Å². The molecule has 1 unspecified atom stereocenters. The Morgan fingerprint density at radius 1 is 1.06 bits per heavy atom. The maximum absolute atomic E-state index is 9.93. The Morgan fingerprint density at radius 3 is 2.56 bits per heavy atom. The third-order valence-electron chi connectivity index (χ3n) is 4.17. The summed E-state index contributed by atoms with van der Waals surface area (Å²) in [7, 11) is 0. The van der Waals surface area contributed by atoms with Gasteiger partial charge in [-0.15, -0.1) is 0 Å². The van der Waals surface area contributed by atoms with Crippen LogP contribution in [0.3, 0.4) is 0 Å². The summed E-state index contributed by atoms with van der Waals surface area (Å²) in [5.41, 5.74) is 2.97. The van der Waals surface area contributed by atoms with Crippen molar-refractivity contribution in [2.45, 2.75) is 31.4 Å². The smallest absolute Gasteiger partial charge is 0.0950 e. The zero-order valence-corrected chi connectivity index (χ0v) is 10.7. The Kier molecular flexibility index (Phi) is 3.64. The monoisotopic (exact) mass is 247 g/mol. The largest absolute Gasteiger partial charge is 0.389 e. The highest BCUT2D eigenvalue weighted by Crippen LogP contribution is 2.20. The summed E-state index contributed by atoms with van der Waals surface area (Å²) in [5.74, 6) is 0. The topological polar surface area (TPSA) is 32.7 Å². The van der Waals surface area contributed by atoms with Gasteiger partial charge in [-0.05, 0) is 36.9 Å². The van der Waals surface area contributed by atoms with E-state index >= 15 is 0 Å². The van der Waals surface area contributed by atoms with E-state index in [0.717, 1.165) is 25.9 Å². The molecule has 2 aliphatic rings. The average molecular weight is 247 g/mol. The van der Waals surface area contributed by atoms with Crippen molar-refractivity contribution >= 4 is 0 Å². The van der Waals surface area contributed by atoms with Crippen LogP contribution >= 0.6 is 0 Å². The number of rotatable bonds is 1. The second-order valence-electron chi connectivity index (χ2n) is 5.33. The van der Waals surface area contributed by atoms with E-state index in [2.05, 4.69) is 29.2 Å². The Balaban J connectivity index is 1.71. The molecule has 2 aliphatic heterocycles. The first-order chi connectivity index (χ1) is 8.84. The number of fused-ring (bicyclic) bond motifs is 1. The highest BCUT2D eigenvalue weighted by Gasteiger charge is 2.31. The lowest BCUT2D eigenvalue weighted by Gasteiger charge is -2.31. The fraction of sp³-hybridized carbons (Fsp3) is 0.600. The molecule has 0 bridgehead atoms. The highest BCUT2D eigenvalue weighted by atomic mass is 16.5. The first-order valence-electron chi connectivity index (χ1n) is 6.91. The van der Waals surface area contributed by atoms with Gasteiger partial charge in [0.1, 0.15) is 0 Å². The Labute approximate surface area is 108 Å².